The molecule has 1 N–H and O–H groups in total. The summed E-state index contributed by atoms with van der Waals surface area (Å²) in [6.07, 6.45) is 3.73. The summed E-state index contributed by atoms with van der Waals surface area (Å²) in [6, 6.07) is 17.3. The van der Waals surface area contributed by atoms with Crippen molar-refractivity contribution in [3.63, 3.8) is 0 Å². The van der Waals surface area contributed by atoms with Gasteiger partial charge in [0.15, 0.2) is 0 Å². The quantitative estimate of drug-likeness (QED) is 0.705. The van der Waals surface area contributed by atoms with Crippen LogP contribution < -0.4 is 4.72 Å². The van der Waals surface area contributed by atoms with E-state index in [1.807, 2.05) is 37.3 Å². The second-order valence-electron chi connectivity index (χ2n) is 6.83. The van der Waals surface area contributed by atoms with Crippen molar-refractivity contribution in [3.8, 4) is 0 Å². The lowest BCUT2D eigenvalue weighted by Gasteiger charge is -2.25. The molecule has 0 bridgehead atoms. The molecule has 2 aromatic rings. The van der Waals surface area contributed by atoms with E-state index in [0.29, 0.717) is 4.90 Å². The lowest BCUT2D eigenvalue weighted by atomic mass is 9.92. The third-order valence-electron chi connectivity index (χ3n) is 4.66. The van der Waals surface area contributed by atoms with E-state index in [4.69, 9.17) is 0 Å². The maximum Gasteiger partial charge on any atom is 0.240 e. The van der Waals surface area contributed by atoms with Crippen molar-refractivity contribution in [2.45, 2.75) is 57.4 Å². The largest absolute Gasteiger partial charge is 0.240 e. The Morgan fingerprint density at radius 3 is 2.20 bits per heavy atom. The average Bonchev–Trinajstić information content (AvgIpc) is 2.60. The molecule has 0 aliphatic carbocycles. The lowest BCUT2D eigenvalue weighted by molar-refractivity contribution is 0.375. The van der Waals surface area contributed by atoms with E-state index in [2.05, 4.69) is 30.7 Å². The standard InChI is InChI=1S/C21H29NO2S/c1-4-8-21(18(3)13-14-19-9-6-5-7-10-19)22-25(23,24)20-15-11-17(2)12-16-20/h5-7,9-12,15-16,18,21-22H,4,8,13-14H2,1-3H3. The zero-order valence-electron chi connectivity index (χ0n) is 15.4. The monoisotopic (exact) mass is 359 g/mol. The highest BCUT2D eigenvalue weighted by molar-refractivity contribution is 7.89. The Balaban J connectivity index is 2.04. The van der Waals surface area contributed by atoms with Crippen LogP contribution in [0.3, 0.4) is 0 Å². The van der Waals surface area contributed by atoms with Gasteiger partial charge < -0.3 is 0 Å². The van der Waals surface area contributed by atoms with Crippen molar-refractivity contribution >= 4 is 10.0 Å². The summed E-state index contributed by atoms with van der Waals surface area (Å²) in [5.74, 6) is 0.278. The zero-order chi connectivity index (χ0) is 18.3. The molecule has 0 saturated carbocycles. The number of hydrogen-bond donors (Lipinski definition) is 1. The van der Waals surface area contributed by atoms with Gasteiger partial charge in [-0.15, -0.1) is 0 Å². The fourth-order valence-electron chi connectivity index (χ4n) is 3.00. The topological polar surface area (TPSA) is 46.2 Å². The van der Waals surface area contributed by atoms with Gasteiger partial charge in [0.2, 0.25) is 10.0 Å². The fraction of sp³-hybridized carbons (Fsp3) is 0.429. The second-order valence-corrected chi connectivity index (χ2v) is 8.55. The van der Waals surface area contributed by atoms with E-state index in [0.717, 1.165) is 31.2 Å². The van der Waals surface area contributed by atoms with Gasteiger partial charge >= 0.3 is 0 Å². The van der Waals surface area contributed by atoms with Crippen molar-refractivity contribution in [3.05, 3.63) is 65.7 Å². The first-order valence-corrected chi connectivity index (χ1v) is 10.5. The van der Waals surface area contributed by atoms with Crippen LogP contribution in [0.25, 0.3) is 0 Å². The summed E-state index contributed by atoms with van der Waals surface area (Å²) >= 11 is 0. The van der Waals surface area contributed by atoms with E-state index >= 15 is 0 Å². The Hall–Kier alpha value is -1.65. The molecule has 0 radical (unpaired) electrons. The van der Waals surface area contributed by atoms with Gasteiger partial charge in [-0.05, 0) is 49.8 Å². The first-order valence-electron chi connectivity index (χ1n) is 9.05. The minimum absolute atomic E-state index is 0.0417. The van der Waals surface area contributed by atoms with Crippen molar-refractivity contribution in [2.75, 3.05) is 0 Å². The summed E-state index contributed by atoms with van der Waals surface area (Å²) in [7, 11) is -3.48. The molecule has 2 rings (SSSR count). The molecule has 2 unspecified atom stereocenters. The molecule has 0 aliphatic heterocycles. The highest BCUT2D eigenvalue weighted by Crippen LogP contribution is 2.19. The molecular formula is C21H29NO2S. The van der Waals surface area contributed by atoms with Crippen molar-refractivity contribution in [1.29, 1.82) is 0 Å². The van der Waals surface area contributed by atoms with Crippen LogP contribution in [0.15, 0.2) is 59.5 Å². The number of benzene rings is 2. The fourth-order valence-corrected chi connectivity index (χ4v) is 4.37. The predicted molar refractivity (Wildman–Crippen MR) is 104 cm³/mol. The molecule has 2 atom stereocenters. The van der Waals surface area contributed by atoms with Crippen molar-refractivity contribution in [2.24, 2.45) is 5.92 Å². The van der Waals surface area contributed by atoms with Crippen LogP contribution in [0.4, 0.5) is 0 Å². The van der Waals surface area contributed by atoms with Gasteiger partial charge in [-0.3, -0.25) is 0 Å². The summed E-state index contributed by atoms with van der Waals surface area (Å²) < 4.78 is 28.3. The molecule has 0 spiro atoms. The molecule has 136 valence electrons. The lowest BCUT2D eigenvalue weighted by Crippen LogP contribution is -2.39. The number of hydrogen-bond acceptors (Lipinski definition) is 2. The van der Waals surface area contributed by atoms with Gasteiger partial charge in [0.1, 0.15) is 0 Å². The molecule has 0 saturated heterocycles. The Kier molecular flexibility index (Phi) is 7.21. The van der Waals surface area contributed by atoms with Crippen LogP contribution in [-0.2, 0) is 16.4 Å². The molecular weight excluding hydrogens is 330 g/mol. The van der Waals surface area contributed by atoms with E-state index < -0.39 is 10.0 Å². The van der Waals surface area contributed by atoms with Gasteiger partial charge in [-0.25, -0.2) is 13.1 Å². The number of rotatable bonds is 9. The van der Waals surface area contributed by atoms with Gasteiger partial charge in [0.25, 0.3) is 0 Å². The van der Waals surface area contributed by atoms with Crippen molar-refractivity contribution < 1.29 is 8.42 Å². The van der Waals surface area contributed by atoms with Crippen LogP contribution in [-0.4, -0.2) is 14.5 Å². The number of nitrogens with one attached hydrogen (secondary N) is 1. The van der Waals surface area contributed by atoms with Crippen LogP contribution in [0.5, 0.6) is 0 Å². The van der Waals surface area contributed by atoms with E-state index in [9.17, 15) is 8.42 Å². The normalized spacial score (nSPS) is 14.2. The first kappa shape index (κ1) is 19.7. The molecule has 0 aliphatic rings. The van der Waals surface area contributed by atoms with Gasteiger partial charge in [0, 0.05) is 6.04 Å². The molecule has 0 amide bonds. The van der Waals surface area contributed by atoms with Crippen LogP contribution in [0.1, 0.15) is 44.2 Å². The Morgan fingerprint density at radius 2 is 1.60 bits per heavy atom. The molecule has 0 fully saturated rings. The van der Waals surface area contributed by atoms with Crippen LogP contribution >= 0.6 is 0 Å². The number of sulfonamides is 1. The summed E-state index contributed by atoms with van der Waals surface area (Å²) in [5, 5.41) is 0. The van der Waals surface area contributed by atoms with E-state index in [1.54, 1.807) is 12.1 Å². The van der Waals surface area contributed by atoms with Gasteiger partial charge in [0.05, 0.1) is 4.90 Å². The Labute approximate surface area is 152 Å². The minimum Gasteiger partial charge on any atom is -0.208 e. The predicted octanol–water partition coefficient (Wildman–Crippen LogP) is 4.71. The maximum absolute atomic E-state index is 12.7. The summed E-state index contributed by atoms with van der Waals surface area (Å²) in [6.45, 7) is 6.19. The summed E-state index contributed by atoms with van der Waals surface area (Å²) in [5.41, 5.74) is 2.35. The minimum atomic E-state index is -3.48. The highest BCUT2D eigenvalue weighted by atomic mass is 32.2. The van der Waals surface area contributed by atoms with Crippen LogP contribution in [0.2, 0.25) is 0 Å². The van der Waals surface area contributed by atoms with Crippen LogP contribution in [0, 0.1) is 12.8 Å². The third-order valence-corrected chi connectivity index (χ3v) is 6.16. The van der Waals surface area contributed by atoms with Crippen molar-refractivity contribution in [1.82, 2.24) is 4.72 Å². The molecule has 0 aromatic heterocycles. The average molecular weight is 360 g/mol. The summed E-state index contributed by atoms with van der Waals surface area (Å²) in [4.78, 5) is 0.342. The molecule has 0 heterocycles. The highest BCUT2D eigenvalue weighted by Gasteiger charge is 2.23. The number of aryl methyl sites for hydroxylation is 2. The second kappa shape index (κ2) is 9.16. The van der Waals surface area contributed by atoms with Gasteiger partial charge in [-0.1, -0.05) is 68.3 Å². The molecule has 2 aromatic carbocycles. The Bertz CT molecular complexity index is 739. The van der Waals surface area contributed by atoms with E-state index in [-0.39, 0.29) is 12.0 Å². The van der Waals surface area contributed by atoms with E-state index in [1.165, 1.54) is 5.56 Å². The molecule has 25 heavy (non-hydrogen) atoms. The SMILES string of the molecule is CCCC(NS(=O)(=O)c1ccc(C)cc1)C(C)CCc1ccccc1. The smallest absolute Gasteiger partial charge is 0.208 e. The molecule has 3 nitrogen and oxygen atoms in total. The third kappa shape index (κ3) is 5.98. The Morgan fingerprint density at radius 1 is 0.960 bits per heavy atom. The van der Waals surface area contributed by atoms with Gasteiger partial charge in [-0.2, -0.15) is 0 Å². The zero-order valence-corrected chi connectivity index (χ0v) is 16.2. The maximum atomic E-state index is 12.7. The first-order chi connectivity index (χ1) is 11.9. The molecule has 4 heteroatoms.